The first-order valence-electron chi connectivity index (χ1n) is 7.84. The number of hydrogen-bond acceptors (Lipinski definition) is 3. The molecule has 0 amide bonds. The summed E-state index contributed by atoms with van der Waals surface area (Å²) >= 11 is 1.93. The Kier molecular flexibility index (Phi) is 3.69. The fourth-order valence-corrected chi connectivity index (χ4v) is 4.76. The monoisotopic (exact) mass is 323 g/mol. The standard InChI is InChI=1S/C19H17NO2S/c21-19(22)15-5-7-20-17-11-12(10-16(15)17)9-13-6-8-23-18-4-2-1-3-14(13)18/h1-5,7,11,13H,6,8-10H2,(H,21,22). The summed E-state index contributed by atoms with van der Waals surface area (Å²) in [5.74, 6) is 0.819. The summed E-state index contributed by atoms with van der Waals surface area (Å²) < 4.78 is 0. The highest BCUT2D eigenvalue weighted by molar-refractivity contribution is 7.99. The number of fused-ring (bicyclic) bond motifs is 2. The Hall–Kier alpha value is -2.07. The second kappa shape index (κ2) is 5.85. The van der Waals surface area contributed by atoms with Gasteiger partial charge < -0.3 is 5.11 Å². The Bertz CT molecular complexity index is 813. The Balaban J connectivity index is 1.59. The van der Waals surface area contributed by atoms with Gasteiger partial charge in [-0.1, -0.05) is 23.8 Å². The van der Waals surface area contributed by atoms with Crippen molar-refractivity contribution < 1.29 is 9.90 Å². The van der Waals surface area contributed by atoms with Crippen LogP contribution in [-0.4, -0.2) is 21.8 Å². The number of thioether (sulfide) groups is 1. The van der Waals surface area contributed by atoms with Gasteiger partial charge in [0.25, 0.3) is 0 Å². The van der Waals surface area contributed by atoms with Gasteiger partial charge in [0, 0.05) is 11.1 Å². The molecule has 0 radical (unpaired) electrons. The molecule has 1 aromatic heterocycles. The van der Waals surface area contributed by atoms with Gasteiger partial charge in [-0.2, -0.15) is 0 Å². The molecule has 1 aliphatic carbocycles. The van der Waals surface area contributed by atoms with Crippen molar-refractivity contribution in [3.63, 3.8) is 0 Å². The Morgan fingerprint density at radius 1 is 1.30 bits per heavy atom. The normalized spacial score (nSPS) is 19.0. The van der Waals surface area contributed by atoms with Crippen LogP contribution in [0.25, 0.3) is 6.08 Å². The molecule has 4 heteroatoms. The number of allylic oxidation sites excluding steroid dienone is 1. The average molecular weight is 323 g/mol. The van der Waals surface area contributed by atoms with E-state index in [4.69, 9.17) is 0 Å². The average Bonchev–Trinajstić information content (AvgIpc) is 2.97. The highest BCUT2D eigenvalue weighted by atomic mass is 32.2. The van der Waals surface area contributed by atoms with Gasteiger partial charge in [-0.05, 0) is 60.3 Å². The van der Waals surface area contributed by atoms with Crippen LogP contribution in [0.1, 0.15) is 45.9 Å². The summed E-state index contributed by atoms with van der Waals surface area (Å²) in [7, 11) is 0. The smallest absolute Gasteiger partial charge is 0.336 e. The van der Waals surface area contributed by atoms with E-state index in [1.54, 1.807) is 12.3 Å². The molecule has 116 valence electrons. The Morgan fingerprint density at radius 3 is 3.04 bits per heavy atom. The molecule has 1 unspecified atom stereocenters. The van der Waals surface area contributed by atoms with Gasteiger partial charge in [0.05, 0.1) is 11.3 Å². The molecular formula is C19H17NO2S. The van der Waals surface area contributed by atoms with E-state index in [1.165, 1.54) is 22.5 Å². The van der Waals surface area contributed by atoms with Crippen LogP contribution in [0.3, 0.4) is 0 Å². The summed E-state index contributed by atoms with van der Waals surface area (Å²) in [6.07, 6.45) is 6.57. The zero-order valence-electron chi connectivity index (χ0n) is 12.7. The first-order chi connectivity index (χ1) is 11.2. The van der Waals surface area contributed by atoms with Crippen molar-refractivity contribution in [1.82, 2.24) is 4.98 Å². The fraction of sp³-hybridized carbons (Fsp3) is 0.263. The number of aromatic carboxylic acids is 1. The maximum Gasteiger partial charge on any atom is 0.336 e. The van der Waals surface area contributed by atoms with E-state index < -0.39 is 5.97 Å². The van der Waals surface area contributed by atoms with E-state index in [0.29, 0.717) is 11.5 Å². The lowest BCUT2D eigenvalue weighted by Crippen LogP contribution is -2.09. The van der Waals surface area contributed by atoms with Crippen molar-refractivity contribution in [3.8, 4) is 0 Å². The molecule has 1 atom stereocenters. The summed E-state index contributed by atoms with van der Waals surface area (Å²) in [6.45, 7) is 0. The predicted octanol–water partition coefficient (Wildman–Crippen LogP) is 4.39. The van der Waals surface area contributed by atoms with Crippen LogP contribution in [0.15, 0.2) is 47.0 Å². The van der Waals surface area contributed by atoms with Gasteiger partial charge in [-0.3, -0.25) is 4.98 Å². The van der Waals surface area contributed by atoms with Crippen LogP contribution in [0, 0.1) is 0 Å². The third kappa shape index (κ3) is 2.68. The van der Waals surface area contributed by atoms with Crippen LogP contribution in [0.5, 0.6) is 0 Å². The van der Waals surface area contributed by atoms with Crippen molar-refractivity contribution in [1.29, 1.82) is 0 Å². The van der Waals surface area contributed by atoms with Crippen LogP contribution in [-0.2, 0) is 6.42 Å². The van der Waals surface area contributed by atoms with Gasteiger partial charge in [-0.25, -0.2) is 4.79 Å². The zero-order valence-corrected chi connectivity index (χ0v) is 13.5. The number of hydrogen-bond donors (Lipinski definition) is 1. The van der Waals surface area contributed by atoms with Gasteiger partial charge in [0.2, 0.25) is 0 Å². The van der Waals surface area contributed by atoms with Crippen LogP contribution >= 0.6 is 11.8 Å². The minimum absolute atomic E-state index is 0.390. The largest absolute Gasteiger partial charge is 0.478 e. The molecular weight excluding hydrogens is 306 g/mol. The van der Waals surface area contributed by atoms with Gasteiger partial charge >= 0.3 is 5.97 Å². The molecule has 0 saturated heterocycles. The van der Waals surface area contributed by atoms with Crippen molar-refractivity contribution in [2.75, 3.05) is 5.75 Å². The molecule has 23 heavy (non-hydrogen) atoms. The molecule has 3 nitrogen and oxygen atoms in total. The highest BCUT2D eigenvalue weighted by Crippen LogP contribution is 2.42. The maximum absolute atomic E-state index is 11.4. The minimum Gasteiger partial charge on any atom is -0.478 e. The molecule has 0 fully saturated rings. The second-order valence-electron chi connectivity index (χ2n) is 6.08. The summed E-state index contributed by atoms with van der Waals surface area (Å²) in [5, 5.41) is 9.33. The quantitative estimate of drug-likeness (QED) is 0.910. The molecule has 1 aliphatic heterocycles. The first kappa shape index (κ1) is 14.5. The number of carboxylic acid groups (broad SMARTS) is 1. The Labute approximate surface area is 139 Å². The third-order valence-corrected chi connectivity index (χ3v) is 5.78. The maximum atomic E-state index is 11.4. The molecule has 0 spiro atoms. The van der Waals surface area contributed by atoms with Crippen molar-refractivity contribution >= 4 is 23.8 Å². The lowest BCUT2D eigenvalue weighted by Gasteiger charge is -2.25. The van der Waals surface area contributed by atoms with Crippen molar-refractivity contribution in [2.24, 2.45) is 0 Å². The number of rotatable bonds is 3. The van der Waals surface area contributed by atoms with E-state index >= 15 is 0 Å². The van der Waals surface area contributed by atoms with E-state index in [2.05, 4.69) is 35.3 Å². The van der Waals surface area contributed by atoms with Crippen LogP contribution < -0.4 is 0 Å². The molecule has 2 aromatic rings. The molecule has 0 saturated carbocycles. The molecule has 2 aliphatic rings. The molecule has 2 heterocycles. The predicted molar refractivity (Wildman–Crippen MR) is 92.0 cm³/mol. The topological polar surface area (TPSA) is 50.2 Å². The summed E-state index contributed by atoms with van der Waals surface area (Å²) in [5.41, 5.74) is 4.83. The third-order valence-electron chi connectivity index (χ3n) is 4.66. The van der Waals surface area contributed by atoms with Crippen molar-refractivity contribution in [2.45, 2.75) is 30.1 Å². The van der Waals surface area contributed by atoms with Crippen molar-refractivity contribution in [3.05, 3.63) is 64.5 Å². The van der Waals surface area contributed by atoms with Crippen LogP contribution in [0.2, 0.25) is 0 Å². The van der Waals surface area contributed by atoms with Gasteiger partial charge in [0.15, 0.2) is 0 Å². The highest BCUT2D eigenvalue weighted by Gasteiger charge is 2.25. The number of carbonyl (C=O) groups is 1. The molecule has 1 aromatic carbocycles. The number of pyridine rings is 1. The fourth-order valence-electron chi connectivity index (χ4n) is 3.57. The summed E-state index contributed by atoms with van der Waals surface area (Å²) in [6, 6.07) is 10.2. The Morgan fingerprint density at radius 2 is 2.17 bits per heavy atom. The lowest BCUT2D eigenvalue weighted by molar-refractivity contribution is 0.0695. The summed E-state index contributed by atoms with van der Waals surface area (Å²) in [4.78, 5) is 17.1. The van der Waals surface area contributed by atoms with E-state index in [0.717, 1.165) is 29.9 Å². The van der Waals surface area contributed by atoms with Gasteiger partial charge in [0.1, 0.15) is 0 Å². The van der Waals surface area contributed by atoms with Crippen LogP contribution in [0.4, 0.5) is 0 Å². The number of benzene rings is 1. The second-order valence-corrected chi connectivity index (χ2v) is 7.22. The number of aromatic nitrogens is 1. The van der Waals surface area contributed by atoms with E-state index in [9.17, 15) is 9.90 Å². The lowest BCUT2D eigenvalue weighted by atomic mass is 9.88. The molecule has 0 bridgehead atoms. The molecule has 1 N–H and O–H groups in total. The molecule has 4 rings (SSSR count). The number of carboxylic acids is 1. The van der Waals surface area contributed by atoms with E-state index in [1.807, 2.05) is 11.8 Å². The minimum atomic E-state index is -0.863. The SMILES string of the molecule is O=C(O)c1ccnc2c1CC(CC1CCSc3ccccc31)=C2. The number of nitrogens with zero attached hydrogens (tertiary/aromatic N) is 1. The zero-order chi connectivity index (χ0) is 15.8. The van der Waals surface area contributed by atoms with Gasteiger partial charge in [-0.15, -0.1) is 11.8 Å². The van der Waals surface area contributed by atoms with E-state index in [-0.39, 0.29) is 0 Å². The first-order valence-corrected chi connectivity index (χ1v) is 8.83.